The molecule has 1 aliphatic rings. The molecule has 94 valence electrons. The van der Waals surface area contributed by atoms with Crippen LogP contribution in [0.3, 0.4) is 0 Å². The Hall–Kier alpha value is -1.49. The number of nitrogens with one attached hydrogen (secondary N) is 1. The van der Waals surface area contributed by atoms with Gasteiger partial charge in [0, 0.05) is 6.04 Å². The molecule has 0 spiro atoms. The fraction of sp³-hybridized carbons (Fsp3) is 0.385. The van der Waals surface area contributed by atoms with E-state index in [-0.39, 0.29) is 5.82 Å². The zero-order valence-corrected chi connectivity index (χ0v) is 10.7. The van der Waals surface area contributed by atoms with Crippen LogP contribution in [0.15, 0.2) is 24.3 Å². The van der Waals surface area contributed by atoms with Crippen molar-refractivity contribution in [1.29, 1.82) is 0 Å². The van der Waals surface area contributed by atoms with Crippen molar-refractivity contribution in [2.24, 2.45) is 0 Å². The number of benzene rings is 1. The van der Waals surface area contributed by atoms with Crippen LogP contribution in [0.1, 0.15) is 31.7 Å². The lowest BCUT2D eigenvalue weighted by Crippen LogP contribution is -2.07. The Morgan fingerprint density at radius 1 is 1.28 bits per heavy atom. The van der Waals surface area contributed by atoms with Crippen LogP contribution in [0.5, 0.6) is 0 Å². The van der Waals surface area contributed by atoms with Gasteiger partial charge in [-0.15, -0.1) is 0 Å². The molecule has 3 nitrogen and oxygen atoms in total. The Morgan fingerprint density at radius 2 is 2.00 bits per heavy atom. The monoisotopic (exact) mass is 263 g/mol. The van der Waals surface area contributed by atoms with Crippen LogP contribution in [0.4, 0.5) is 4.39 Å². The molecule has 1 aliphatic carbocycles. The molecule has 2 aromatic rings. The van der Waals surface area contributed by atoms with E-state index in [1.165, 1.54) is 18.9 Å². The van der Waals surface area contributed by atoms with Crippen molar-refractivity contribution < 1.29 is 4.39 Å². The summed E-state index contributed by atoms with van der Waals surface area (Å²) in [6.07, 6.45) is 4.59. The van der Waals surface area contributed by atoms with E-state index in [2.05, 4.69) is 10.2 Å². The standard InChI is InChI=1S/C13H14FN3S/c14-11-8-4-3-7-10(11)12-15-16-13(18)17(12)9-5-1-2-6-9/h3-4,7-9H,1-2,5-6H2,(H,16,18). The molecule has 1 heterocycles. The number of aromatic amines is 1. The molecule has 18 heavy (non-hydrogen) atoms. The zero-order valence-electron chi connectivity index (χ0n) is 9.90. The molecule has 0 amide bonds. The Kier molecular flexibility index (Phi) is 2.99. The minimum absolute atomic E-state index is 0.259. The largest absolute Gasteiger partial charge is 0.297 e. The summed E-state index contributed by atoms with van der Waals surface area (Å²) in [5, 5.41) is 6.99. The third-order valence-electron chi connectivity index (χ3n) is 3.51. The second kappa shape index (κ2) is 4.65. The fourth-order valence-corrected chi connectivity index (χ4v) is 2.92. The quantitative estimate of drug-likeness (QED) is 0.835. The number of hydrogen-bond donors (Lipinski definition) is 1. The summed E-state index contributed by atoms with van der Waals surface area (Å²) in [5.41, 5.74) is 0.511. The lowest BCUT2D eigenvalue weighted by Gasteiger charge is -2.14. The van der Waals surface area contributed by atoms with Gasteiger partial charge in [0.1, 0.15) is 5.82 Å². The fourth-order valence-electron chi connectivity index (χ4n) is 2.64. The molecule has 1 aromatic heterocycles. The molecular formula is C13H14FN3S. The maximum atomic E-state index is 13.9. The van der Waals surface area contributed by atoms with Crippen LogP contribution >= 0.6 is 12.2 Å². The molecule has 5 heteroatoms. The van der Waals surface area contributed by atoms with Gasteiger partial charge < -0.3 is 0 Å². The van der Waals surface area contributed by atoms with Gasteiger partial charge in [-0.1, -0.05) is 25.0 Å². The highest BCUT2D eigenvalue weighted by Gasteiger charge is 2.22. The number of nitrogens with zero attached hydrogens (tertiary/aromatic N) is 2. The summed E-state index contributed by atoms with van der Waals surface area (Å²) in [7, 11) is 0. The van der Waals surface area contributed by atoms with E-state index < -0.39 is 0 Å². The average molecular weight is 263 g/mol. The zero-order chi connectivity index (χ0) is 12.5. The lowest BCUT2D eigenvalue weighted by molar-refractivity contribution is 0.514. The van der Waals surface area contributed by atoms with E-state index in [0.717, 1.165) is 12.8 Å². The highest BCUT2D eigenvalue weighted by molar-refractivity contribution is 7.71. The summed E-state index contributed by atoms with van der Waals surface area (Å²) in [6.45, 7) is 0. The molecule has 1 aromatic carbocycles. The van der Waals surface area contributed by atoms with Crippen LogP contribution in [0.25, 0.3) is 11.4 Å². The number of rotatable bonds is 2. The van der Waals surface area contributed by atoms with Gasteiger partial charge in [0.2, 0.25) is 0 Å². The SMILES string of the molecule is Fc1ccccc1-c1n[nH]c(=S)n1C1CCCC1. The number of H-pyrrole nitrogens is 1. The summed E-state index contributed by atoms with van der Waals surface area (Å²) in [6, 6.07) is 7.04. The van der Waals surface area contributed by atoms with Crippen molar-refractivity contribution in [2.75, 3.05) is 0 Å². The Labute approximate surface area is 110 Å². The van der Waals surface area contributed by atoms with Gasteiger partial charge in [-0.2, -0.15) is 5.10 Å². The van der Waals surface area contributed by atoms with E-state index in [9.17, 15) is 4.39 Å². The first kappa shape index (κ1) is 11.6. The van der Waals surface area contributed by atoms with Gasteiger partial charge in [0.15, 0.2) is 10.6 Å². The van der Waals surface area contributed by atoms with Crippen molar-refractivity contribution >= 4 is 12.2 Å². The maximum Gasteiger partial charge on any atom is 0.195 e. The highest BCUT2D eigenvalue weighted by Crippen LogP contribution is 2.33. The molecule has 0 unspecified atom stereocenters. The van der Waals surface area contributed by atoms with E-state index in [4.69, 9.17) is 12.2 Å². The van der Waals surface area contributed by atoms with Gasteiger partial charge in [-0.25, -0.2) is 4.39 Å². The first-order valence-corrected chi connectivity index (χ1v) is 6.60. The Morgan fingerprint density at radius 3 is 2.72 bits per heavy atom. The summed E-state index contributed by atoms with van der Waals surface area (Å²) in [4.78, 5) is 0. The molecule has 1 N–H and O–H groups in total. The van der Waals surface area contributed by atoms with Crippen LogP contribution in [0, 0.1) is 10.6 Å². The van der Waals surface area contributed by atoms with Gasteiger partial charge in [0.25, 0.3) is 0 Å². The first-order chi connectivity index (χ1) is 8.77. The van der Waals surface area contributed by atoms with Gasteiger partial charge in [0.05, 0.1) is 5.56 Å². The molecule has 0 aliphatic heterocycles. The van der Waals surface area contributed by atoms with Crippen LogP contribution < -0.4 is 0 Å². The van der Waals surface area contributed by atoms with E-state index >= 15 is 0 Å². The molecule has 0 atom stereocenters. The molecular weight excluding hydrogens is 249 g/mol. The molecule has 0 saturated heterocycles. The summed E-state index contributed by atoms with van der Waals surface area (Å²) >= 11 is 5.28. The molecule has 0 radical (unpaired) electrons. The average Bonchev–Trinajstić information content (AvgIpc) is 2.98. The van der Waals surface area contributed by atoms with E-state index in [1.807, 2.05) is 10.6 Å². The third-order valence-corrected chi connectivity index (χ3v) is 3.80. The second-order valence-corrected chi connectivity index (χ2v) is 5.03. The Balaban J connectivity index is 2.13. The Bertz CT molecular complexity index is 611. The minimum atomic E-state index is -0.259. The van der Waals surface area contributed by atoms with Gasteiger partial charge >= 0.3 is 0 Å². The van der Waals surface area contributed by atoms with Gasteiger partial charge in [-0.3, -0.25) is 9.67 Å². The second-order valence-electron chi connectivity index (χ2n) is 4.64. The smallest absolute Gasteiger partial charge is 0.195 e. The number of halogens is 1. The van der Waals surface area contributed by atoms with Gasteiger partial charge in [-0.05, 0) is 37.2 Å². The molecule has 3 rings (SSSR count). The molecule has 1 fully saturated rings. The van der Waals surface area contributed by atoms with Crippen molar-refractivity contribution in [2.45, 2.75) is 31.7 Å². The predicted molar refractivity (Wildman–Crippen MR) is 70.3 cm³/mol. The third kappa shape index (κ3) is 1.88. The van der Waals surface area contributed by atoms with Crippen LogP contribution in [0.2, 0.25) is 0 Å². The van der Waals surface area contributed by atoms with Crippen molar-refractivity contribution in [3.05, 3.63) is 34.9 Å². The number of aromatic nitrogens is 3. The lowest BCUT2D eigenvalue weighted by atomic mass is 10.1. The van der Waals surface area contributed by atoms with Crippen molar-refractivity contribution in [3.8, 4) is 11.4 Å². The van der Waals surface area contributed by atoms with Crippen molar-refractivity contribution in [3.63, 3.8) is 0 Å². The van der Waals surface area contributed by atoms with E-state index in [0.29, 0.717) is 22.2 Å². The van der Waals surface area contributed by atoms with Crippen LogP contribution in [-0.2, 0) is 0 Å². The molecule has 1 saturated carbocycles. The molecule has 0 bridgehead atoms. The number of hydrogen-bond acceptors (Lipinski definition) is 2. The minimum Gasteiger partial charge on any atom is -0.297 e. The predicted octanol–water partition coefficient (Wildman–Crippen LogP) is 3.86. The van der Waals surface area contributed by atoms with Crippen molar-refractivity contribution in [1.82, 2.24) is 14.8 Å². The summed E-state index contributed by atoms with van der Waals surface area (Å²) < 4.78 is 16.4. The van der Waals surface area contributed by atoms with E-state index in [1.54, 1.807) is 12.1 Å². The highest BCUT2D eigenvalue weighted by atomic mass is 32.1. The normalized spacial score (nSPS) is 16.3. The first-order valence-electron chi connectivity index (χ1n) is 6.19. The summed E-state index contributed by atoms with van der Waals surface area (Å²) in [5.74, 6) is 0.357. The maximum absolute atomic E-state index is 13.9. The van der Waals surface area contributed by atoms with Crippen LogP contribution in [-0.4, -0.2) is 14.8 Å². The topological polar surface area (TPSA) is 33.6 Å².